The van der Waals surface area contributed by atoms with Crippen molar-refractivity contribution in [3.63, 3.8) is 0 Å². The molecule has 0 amide bonds. The summed E-state index contributed by atoms with van der Waals surface area (Å²) in [6.07, 6.45) is 0. The third-order valence-electron chi connectivity index (χ3n) is 4.45. The zero-order chi connectivity index (χ0) is 16.4. The highest BCUT2D eigenvalue weighted by Crippen LogP contribution is 2.30. The normalized spacial score (nSPS) is 15.2. The lowest BCUT2D eigenvalue weighted by Crippen LogP contribution is -2.43. The van der Waals surface area contributed by atoms with E-state index >= 15 is 0 Å². The van der Waals surface area contributed by atoms with Crippen LogP contribution in [0.4, 0.5) is 0 Å². The Balaban J connectivity index is 0.00000208. The topological polar surface area (TPSA) is 50.5 Å². The molecule has 1 aromatic carbocycles. The molecule has 6 heteroatoms. The van der Waals surface area contributed by atoms with E-state index in [-0.39, 0.29) is 12.4 Å². The lowest BCUT2D eigenvalue weighted by Gasteiger charge is -2.26. The van der Waals surface area contributed by atoms with Crippen molar-refractivity contribution in [2.24, 2.45) is 0 Å². The van der Waals surface area contributed by atoms with Crippen LogP contribution in [0.1, 0.15) is 22.6 Å². The number of halogens is 1. The third-order valence-corrected chi connectivity index (χ3v) is 4.45. The van der Waals surface area contributed by atoms with E-state index in [4.69, 9.17) is 14.1 Å². The van der Waals surface area contributed by atoms with Crippen LogP contribution >= 0.6 is 12.4 Å². The summed E-state index contributed by atoms with van der Waals surface area (Å²) in [7, 11) is 1.70. The van der Waals surface area contributed by atoms with E-state index in [1.54, 1.807) is 7.11 Å². The van der Waals surface area contributed by atoms with Crippen molar-refractivity contribution in [1.82, 2.24) is 15.2 Å². The molecule has 1 aromatic heterocycles. The van der Waals surface area contributed by atoms with Gasteiger partial charge in [-0.1, -0.05) is 0 Å². The van der Waals surface area contributed by atoms with E-state index in [1.807, 2.05) is 19.9 Å². The van der Waals surface area contributed by atoms with Gasteiger partial charge in [0.15, 0.2) is 0 Å². The van der Waals surface area contributed by atoms with E-state index < -0.39 is 0 Å². The highest BCUT2D eigenvalue weighted by Gasteiger charge is 2.18. The monoisotopic (exact) mass is 351 g/mol. The maximum atomic E-state index is 5.96. The van der Waals surface area contributed by atoms with Crippen LogP contribution in [0.15, 0.2) is 16.5 Å². The molecule has 1 N–H and O–H groups in total. The molecule has 0 radical (unpaired) electrons. The largest absolute Gasteiger partial charge is 0.496 e. The number of aromatic nitrogens is 1. The number of rotatable bonds is 4. The Hall–Kier alpha value is -1.56. The maximum absolute atomic E-state index is 5.96. The van der Waals surface area contributed by atoms with Gasteiger partial charge in [0, 0.05) is 38.3 Å². The fraction of sp³-hybridized carbons (Fsp3) is 0.500. The van der Waals surface area contributed by atoms with Crippen LogP contribution in [0.5, 0.6) is 5.75 Å². The van der Waals surface area contributed by atoms with Crippen molar-refractivity contribution in [1.29, 1.82) is 0 Å². The first-order valence-corrected chi connectivity index (χ1v) is 8.13. The number of nitrogens with zero attached hydrogens (tertiary/aromatic N) is 2. The lowest BCUT2D eigenvalue weighted by atomic mass is 10.0. The van der Waals surface area contributed by atoms with Crippen molar-refractivity contribution < 1.29 is 9.15 Å². The zero-order valence-electron chi connectivity index (χ0n) is 14.8. The van der Waals surface area contributed by atoms with Crippen LogP contribution < -0.4 is 10.1 Å². The van der Waals surface area contributed by atoms with Crippen molar-refractivity contribution in [3.05, 3.63) is 34.7 Å². The van der Waals surface area contributed by atoms with Crippen LogP contribution in [0.25, 0.3) is 11.5 Å². The molecule has 2 heterocycles. The van der Waals surface area contributed by atoms with Crippen LogP contribution in [0.2, 0.25) is 0 Å². The van der Waals surface area contributed by atoms with Gasteiger partial charge < -0.3 is 14.5 Å². The predicted octanol–water partition coefficient (Wildman–Crippen LogP) is 3.10. The van der Waals surface area contributed by atoms with E-state index in [0.29, 0.717) is 5.89 Å². The molecular formula is C18H26ClN3O2. The van der Waals surface area contributed by atoms with Gasteiger partial charge in [-0.05, 0) is 44.0 Å². The summed E-state index contributed by atoms with van der Waals surface area (Å²) in [6, 6.07) is 4.13. The average Bonchev–Trinajstić information content (AvgIpc) is 2.91. The molecule has 0 aliphatic carbocycles. The van der Waals surface area contributed by atoms with Gasteiger partial charge in [-0.25, -0.2) is 4.98 Å². The van der Waals surface area contributed by atoms with Crippen molar-refractivity contribution >= 4 is 12.4 Å². The molecule has 0 atom stereocenters. The summed E-state index contributed by atoms with van der Waals surface area (Å²) in [6.45, 7) is 11.2. The number of oxazole rings is 1. The van der Waals surface area contributed by atoms with Crippen molar-refractivity contribution in [2.75, 3.05) is 33.3 Å². The first-order chi connectivity index (χ1) is 11.1. The molecule has 24 heavy (non-hydrogen) atoms. The van der Waals surface area contributed by atoms with E-state index in [0.717, 1.165) is 66.6 Å². The molecule has 1 aliphatic heterocycles. The fourth-order valence-electron chi connectivity index (χ4n) is 3.01. The third kappa shape index (κ3) is 3.91. The number of aryl methyl sites for hydroxylation is 3. The standard InChI is InChI=1S/C18H25N3O2.ClH/c1-12-10-17(22-4)13(2)9-15(12)18-20-16(14(3)23-18)11-21-7-5-19-6-8-21;/h9-10,19H,5-8,11H2,1-4H3;1H. The van der Waals surface area contributed by atoms with E-state index in [1.165, 1.54) is 0 Å². The van der Waals surface area contributed by atoms with Crippen LogP contribution in [0.3, 0.4) is 0 Å². The molecule has 5 nitrogen and oxygen atoms in total. The van der Waals surface area contributed by atoms with Gasteiger partial charge in [-0.3, -0.25) is 4.90 Å². The minimum absolute atomic E-state index is 0. The predicted molar refractivity (Wildman–Crippen MR) is 98.1 cm³/mol. The van der Waals surface area contributed by atoms with Gasteiger partial charge in [0.1, 0.15) is 11.5 Å². The Morgan fingerprint density at radius 1 is 1.17 bits per heavy atom. The Morgan fingerprint density at radius 3 is 2.54 bits per heavy atom. The number of methoxy groups -OCH3 is 1. The van der Waals surface area contributed by atoms with Crippen molar-refractivity contribution in [3.8, 4) is 17.2 Å². The SMILES string of the molecule is COc1cc(C)c(-c2nc(CN3CCNCC3)c(C)o2)cc1C.Cl. The van der Waals surface area contributed by atoms with Gasteiger partial charge >= 0.3 is 0 Å². The molecular weight excluding hydrogens is 326 g/mol. The average molecular weight is 352 g/mol. The van der Waals surface area contributed by atoms with Crippen LogP contribution in [-0.2, 0) is 6.54 Å². The number of hydrogen-bond acceptors (Lipinski definition) is 5. The smallest absolute Gasteiger partial charge is 0.226 e. The molecule has 0 saturated carbocycles. The van der Waals surface area contributed by atoms with Crippen LogP contribution in [0, 0.1) is 20.8 Å². The second kappa shape index (κ2) is 8.01. The lowest BCUT2D eigenvalue weighted by molar-refractivity contribution is 0.230. The summed E-state index contributed by atoms with van der Waals surface area (Å²) in [4.78, 5) is 7.18. The summed E-state index contributed by atoms with van der Waals surface area (Å²) < 4.78 is 11.3. The second-order valence-corrected chi connectivity index (χ2v) is 6.18. The van der Waals surface area contributed by atoms with E-state index in [2.05, 4.69) is 23.2 Å². The Labute approximate surface area is 149 Å². The minimum Gasteiger partial charge on any atom is -0.496 e. The number of nitrogens with one attached hydrogen (secondary N) is 1. The molecule has 1 saturated heterocycles. The Bertz CT molecular complexity index is 694. The highest BCUT2D eigenvalue weighted by atomic mass is 35.5. The first kappa shape index (κ1) is 18.8. The second-order valence-electron chi connectivity index (χ2n) is 6.18. The fourth-order valence-corrected chi connectivity index (χ4v) is 3.01. The number of hydrogen-bond donors (Lipinski definition) is 1. The Kier molecular flexibility index (Phi) is 6.27. The van der Waals surface area contributed by atoms with Gasteiger partial charge in [-0.2, -0.15) is 0 Å². The first-order valence-electron chi connectivity index (χ1n) is 8.13. The number of ether oxygens (including phenoxy) is 1. The van der Waals surface area contributed by atoms with E-state index in [9.17, 15) is 0 Å². The molecule has 3 rings (SSSR count). The van der Waals surface area contributed by atoms with Crippen molar-refractivity contribution in [2.45, 2.75) is 27.3 Å². The van der Waals surface area contributed by atoms with Gasteiger partial charge in [-0.15, -0.1) is 12.4 Å². The highest BCUT2D eigenvalue weighted by molar-refractivity contribution is 5.85. The van der Waals surface area contributed by atoms with Gasteiger partial charge in [0.2, 0.25) is 5.89 Å². The molecule has 1 aliphatic rings. The summed E-state index contributed by atoms with van der Waals surface area (Å²) in [5.41, 5.74) is 4.28. The maximum Gasteiger partial charge on any atom is 0.226 e. The molecule has 2 aromatic rings. The molecule has 0 unspecified atom stereocenters. The Morgan fingerprint density at radius 2 is 1.88 bits per heavy atom. The zero-order valence-corrected chi connectivity index (χ0v) is 15.6. The number of piperazine rings is 1. The number of benzene rings is 1. The molecule has 132 valence electrons. The minimum atomic E-state index is 0. The summed E-state index contributed by atoms with van der Waals surface area (Å²) in [5.74, 6) is 2.51. The van der Waals surface area contributed by atoms with Gasteiger partial charge in [0.05, 0.1) is 12.8 Å². The summed E-state index contributed by atoms with van der Waals surface area (Å²) in [5, 5.41) is 3.37. The molecule has 1 fully saturated rings. The quantitative estimate of drug-likeness (QED) is 0.917. The van der Waals surface area contributed by atoms with Gasteiger partial charge in [0.25, 0.3) is 0 Å². The molecule has 0 spiro atoms. The van der Waals surface area contributed by atoms with Crippen LogP contribution in [-0.4, -0.2) is 43.2 Å². The summed E-state index contributed by atoms with van der Waals surface area (Å²) >= 11 is 0. The molecule has 0 bridgehead atoms.